The van der Waals surface area contributed by atoms with Gasteiger partial charge in [-0.2, -0.15) is 0 Å². The number of carbonyl (C=O) groups is 1. The van der Waals surface area contributed by atoms with Crippen molar-refractivity contribution in [3.05, 3.63) is 35.4 Å². The molecule has 1 amide bonds. The van der Waals surface area contributed by atoms with Crippen LogP contribution in [0.2, 0.25) is 0 Å². The zero-order chi connectivity index (χ0) is 11.5. The van der Waals surface area contributed by atoms with Gasteiger partial charge in [0.1, 0.15) is 0 Å². The molecule has 1 fully saturated rings. The third-order valence-corrected chi connectivity index (χ3v) is 3.21. The van der Waals surface area contributed by atoms with Crippen molar-refractivity contribution in [1.29, 1.82) is 0 Å². The molecular formula is C12H15NO2S. The molecule has 86 valence electrons. The molecular weight excluding hydrogens is 222 g/mol. The van der Waals surface area contributed by atoms with Gasteiger partial charge in [-0.05, 0) is 30.5 Å². The highest BCUT2D eigenvalue weighted by atomic mass is 32.2. The zero-order valence-electron chi connectivity index (χ0n) is 9.23. The second-order valence-electron chi connectivity index (χ2n) is 4.17. The monoisotopic (exact) mass is 237 g/mol. The van der Waals surface area contributed by atoms with Gasteiger partial charge in [-0.3, -0.25) is 9.00 Å². The Kier molecular flexibility index (Phi) is 3.39. The van der Waals surface area contributed by atoms with Gasteiger partial charge in [0.15, 0.2) is 0 Å². The van der Waals surface area contributed by atoms with Crippen LogP contribution < -0.4 is 5.32 Å². The SMILES string of the molecule is CS(=O)Cc1cccc(C(=O)NC2CC2)c1. The summed E-state index contributed by atoms with van der Waals surface area (Å²) >= 11 is 0. The Morgan fingerprint density at radius 2 is 2.25 bits per heavy atom. The maximum absolute atomic E-state index is 11.7. The topological polar surface area (TPSA) is 46.2 Å². The first-order chi connectivity index (χ1) is 7.65. The van der Waals surface area contributed by atoms with Crippen LogP contribution in [-0.2, 0) is 16.6 Å². The molecule has 0 aliphatic heterocycles. The molecule has 1 saturated carbocycles. The molecule has 4 heteroatoms. The van der Waals surface area contributed by atoms with Gasteiger partial charge in [0.05, 0.1) is 0 Å². The Morgan fingerprint density at radius 3 is 2.88 bits per heavy atom. The van der Waals surface area contributed by atoms with Crippen molar-refractivity contribution in [2.24, 2.45) is 0 Å². The van der Waals surface area contributed by atoms with Gasteiger partial charge in [-0.15, -0.1) is 0 Å². The molecule has 0 radical (unpaired) electrons. The predicted octanol–water partition coefficient (Wildman–Crippen LogP) is 1.46. The van der Waals surface area contributed by atoms with Crippen molar-refractivity contribution in [2.75, 3.05) is 6.26 Å². The predicted molar refractivity (Wildman–Crippen MR) is 64.7 cm³/mol. The van der Waals surface area contributed by atoms with Crippen LogP contribution in [0, 0.1) is 0 Å². The average Bonchev–Trinajstić information content (AvgIpc) is 3.01. The highest BCUT2D eigenvalue weighted by Gasteiger charge is 2.23. The lowest BCUT2D eigenvalue weighted by Gasteiger charge is -2.05. The van der Waals surface area contributed by atoms with E-state index in [1.165, 1.54) is 0 Å². The molecule has 1 unspecified atom stereocenters. The molecule has 1 aliphatic rings. The first-order valence-corrected chi connectivity index (χ1v) is 7.07. The summed E-state index contributed by atoms with van der Waals surface area (Å²) < 4.78 is 11.1. The third kappa shape index (κ3) is 3.17. The fraction of sp³-hybridized carbons (Fsp3) is 0.417. The van der Waals surface area contributed by atoms with E-state index in [1.54, 1.807) is 12.3 Å². The van der Waals surface area contributed by atoms with E-state index in [0.717, 1.165) is 18.4 Å². The van der Waals surface area contributed by atoms with Gasteiger partial charge in [0.25, 0.3) is 5.91 Å². The molecule has 1 aromatic rings. The number of nitrogens with one attached hydrogen (secondary N) is 1. The minimum atomic E-state index is -0.868. The third-order valence-electron chi connectivity index (χ3n) is 2.47. The van der Waals surface area contributed by atoms with Crippen LogP contribution in [0.3, 0.4) is 0 Å². The first kappa shape index (κ1) is 11.3. The van der Waals surface area contributed by atoms with E-state index in [4.69, 9.17) is 0 Å². The van der Waals surface area contributed by atoms with Crippen molar-refractivity contribution in [1.82, 2.24) is 5.32 Å². The van der Waals surface area contributed by atoms with Crippen LogP contribution in [0.1, 0.15) is 28.8 Å². The molecule has 0 aromatic heterocycles. The molecule has 1 aromatic carbocycles. The Labute approximate surface area is 97.7 Å². The van der Waals surface area contributed by atoms with Gasteiger partial charge in [0.2, 0.25) is 0 Å². The Balaban J connectivity index is 2.07. The summed E-state index contributed by atoms with van der Waals surface area (Å²) in [6, 6.07) is 7.72. The number of amides is 1. The molecule has 1 atom stereocenters. The number of carbonyl (C=O) groups excluding carboxylic acids is 1. The van der Waals surface area contributed by atoms with Gasteiger partial charge in [-0.1, -0.05) is 12.1 Å². The smallest absolute Gasteiger partial charge is 0.251 e. The molecule has 0 saturated heterocycles. The minimum absolute atomic E-state index is 0.0220. The second-order valence-corrected chi connectivity index (χ2v) is 5.60. The zero-order valence-corrected chi connectivity index (χ0v) is 10.0. The quantitative estimate of drug-likeness (QED) is 0.861. The highest BCUT2D eigenvalue weighted by molar-refractivity contribution is 7.83. The molecule has 16 heavy (non-hydrogen) atoms. The molecule has 0 spiro atoms. The maximum Gasteiger partial charge on any atom is 0.251 e. The van der Waals surface area contributed by atoms with Crippen LogP contribution in [0.5, 0.6) is 0 Å². The fourth-order valence-corrected chi connectivity index (χ4v) is 2.18. The summed E-state index contributed by atoms with van der Waals surface area (Å²) in [6.07, 6.45) is 3.84. The van der Waals surface area contributed by atoms with E-state index in [0.29, 0.717) is 17.4 Å². The van der Waals surface area contributed by atoms with Crippen LogP contribution in [-0.4, -0.2) is 22.4 Å². The van der Waals surface area contributed by atoms with Crippen LogP contribution in [0.25, 0.3) is 0 Å². The fourth-order valence-electron chi connectivity index (χ4n) is 1.53. The normalized spacial score (nSPS) is 16.8. The molecule has 3 nitrogen and oxygen atoms in total. The Morgan fingerprint density at radius 1 is 1.50 bits per heavy atom. The summed E-state index contributed by atoms with van der Waals surface area (Å²) in [5.74, 6) is 0.483. The lowest BCUT2D eigenvalue weighted by Crippen LogP contribution is -2.25. The first-order valence-electron chi connectivity index (χ1n) is 5.35. The molecule has 1 N–H and O–H groups in total. The van der Waals surface area contributed by atoms with E-state index in [2.05, 4.69) is 5.32 Å². The molecule has 0 heterocycles. The Bertz CT molecular complexity index is 427. The number of rotatable bonds is 4. The highest BCUT2D eigenvalue weighted by Crippen LogP contribution is 2.19. The number of hydrogen-bond acceptors (Lipinski definition) is 2. The Hall–Kier alpha value is -1.16. The summed E-state index contributed by atoms with van der Waals surface area (Å²) in [6.45, 7) is 0. The summed E-state index contributed by atoms with van der Waals surface area (Å²) in [5.41, 5.74) is 1.61. The van der Waals surface area contributed by atoms with Gasteiger partial charge in [-0.25, -0.2) is 0 Å². The second kappa shape index (κ2) is 4.78. The molecule has 2 rings (SSSR count). The van der Waals surface area contributed by atoms with Gasteiger partial charge < -0.3 is 5.32 Å². The lowest BCUT2D eigenvalue weighted by molar-refractivity contribution is 0.0951. The molecule has 0 bridgehead atoms. The summed E-state index contributed by atoms with van der Waals surface area (Å²) in [5, 5.41) is 2.94. The summed E-state index contributed by atoms with van der Waals surface area (Å²) in [4.78, 5) is 11.7. The standard InChI is InChI=1S/C12H15NO2S/c1-16(15)8-9-3-2-4-10(7-9)12(14)13-11-5-6-11/h2-4,7,11H,5-6,8H2,1H3,(H,13,14). The van der Waals surface area contributed by atoms with Crippen LogP contribution in [0.15, 0.2) is 24.3 Å². The number of hydrogen-bond donors (Lipinski definition) is 1. The van der Waals surface area contributed by atoms with E-state index in [1.807, 2.05) is 18.2 Å². The van der Waals surface area contributed by atoms with E-state index < -0.39 is 10.8 Å². The van der Waals surface area contributed by atoms with Gasteiger partial charge >= 0.3 is 0 Å². The van der Waals surface area contributed by atoms with Gasteiger partial charge in [0, 0.05) is 34.4 Å². The van der Waals surface area contributed by atoms with E-state index >= 15 is 0 Å². The van der Waals surface area contributed by atoms with Crippen molar-refractivity contribution in [2.45, 2.75) is 24.6 Å². The minimum Gasteiger partial charge on any atom is -0.349 e. The average molecular weight is 237 g/mol. The van der Waals surface area contributed by atoms with Crippen LogP contribution >= 0.6 is 0 Å². The number of benzene rings is 1. The lowest BCUT2D eigenvalue weighted by atomic mass is 10.1. The van der Waals surface area contributed by atoms with Crippen molar-refractivity contribution in [3.63, 3.8) is 0 Å². The van der Waals surface area contributed by atoms with E-state index in [9.17, 15) is 9.00 Å². The molecule has 1 aliphatic carbocycles. The van der Waals surface area contributed by atoms with Crippen molar-refractivity contribution in [3.8, 4) is 0 Å². The largest absolute Gasteiger partial charge is 0.349 e. The maximum atomic E-state index is 11.7. The van der Waals surface area contributed by atoms with Crippen molar-refractivity contribution >= 4 is 16.7 Å². The van der Waals surface area contributed by atoms with E-state index in [-0.39, 0.29) is 5.91 Å². The van der Waals surface area contributed by atoms with Crippen molar-refractivity contribution < 1.29 is 9.00 Å². The summed E-state index contributed by atoms with van der Waals surface area (Å²) in [7, 11) is -0.868. The van der Waals surface area contributed by atoms with Crippen LogP contribution in [0.4, 0.5) is 0 Å².